The van der Waals surface area contributed by atoms with Gasteiger partial charge in [0.2, 0.25) is 0 Å². The highest BCUT2D eigenvalue weighted by Crippen LogP contribution is 2.32. The lowest BCUT2D eigenvalue weighted by Gasteiger charge is -2.04. The minimum absolute atomic E-state index is 0.296. The zero-order chi connectivity index (χ0) is 16.5. The first-order valence-corrected chi connectivity index (χ1v) is 7.73. The molecule has 0 atom stereocenters. The Morgan fingerprint density at radius 1 is 1.04 bits per heavy atom. The maximum Gasteiger partial charge on any atom is 0.366 e. The molecule has 0 aliphatic carbocycles. The summed E-state index contributed by atoms with van der Waals surface area (Å²) in [7, 11) is 0. The van der Waals surface area contributed by atoms with Crippen molar-refractivity contribution in [3.63, 3.8) is 0 Å². The Bertz CT molecular complexity index is 976. The maximum atomic E-state index is 12.2. The summed E-state index contributed by atoms with van der Waals surface area (Å²) in [5.74, 6) is 0.300. The van der Waals surface area contributed by atoms with Crippen molar-refractivity contribution in [3.8, 4) is 5.75 Å². The molecule has 4 heteroatoms. The van der Waals surface area contributed by atoms with E-state index in [9.17, 15) is 4.79 Å². The highest BCUT2D eigenvalue weighted by Gasteiger charge is 2.23. The zero-order valence-corrected chi connectivity index (χ0v) is 13.2. The number of oxime groups is 1. The predicted molar refractivity (Wildman–Crippen MR) is 92.6 cm³/mol. The van der Waals surface area contributed by atoms with Gasteiger partial charge in [-0.25, -0.2) is 4.79 Å². The first-order chi connectivity index (χ1) is 11.7. The van der Waals surface area contributed by atoms with E-state index in [4.69, 9.17) is 9.57 Å². The molecule has 0 fully saturated rings. The second-order valence-corrected chi connectivity index (χ2v) is 5.68. The van der Waals surface area contributed by atoms with Crippen molar-refractivity contribution >= 4 is 22.5 Å². The molecule has 0 radical (unpaired) electrons. The summed E-state index contributed by atoms with van der Waals surface area (Å²) in [5.41, 5.74) is 2.89. The molecule has 0 bridgehead atoms. The van der Waals surface area contributed by atoms with Crippen LogP contribution >= 0.6 is 0 Å². The van der Waals surface area contributed by atoms with E-state index in [1.807, 2.05) is 55.5 Å². The number of rotatable bonds is 2. The van der Waals surface area contributed by atoms with Crippen molar-refractivity contribution in [2.75, 3.05) is 6.61 Å². The number of hydrogen-bond donors (Lipinski definition) is 0. The van der Waals surface area contributed by atoms with Crippen molar-refractivity contribution < 1.29 is 14.4 Å². The smallest absolute Gasteiger partial charge is 0.366 e. The van der Waals surface area contributed by atoms with Gasteiger partial charge in [0.05, 0.1) is 11.1 Å². The molecule has 24 heavy (non-hydrogen) atoms. The van der Waals surface area contributed by atoms with Crippen LogP contribution in [0.25, 0.3) is 10.8 Å². The van der Waals surface area contributed by atoms with Crippen LogP contribution in [0.1, 0.15) is 21.5 Å². The van der Waals surface area contributed by atoms with Gasteiger partial charge in [0.25, 0.3) is 0 Å². The van der Waals surface area contributed by atoms with Crippen LogP contribution in [0.5, 0.6) is 5.75 Å². The summed E-state index contributed by atoms with van der Waals surface area (Å²) in [6.45, 7) is 2.16. The fourth-order valence-corrected chi connectivity index (χ4v) is 2.91. The highest BCUT2D eigenvalue weighted by atomic mass is 16.7. The van der Waals surface area contributed by atoms with Crippen LogP contribution in [0.3, 0.4) is 0 Å². The Labute approximate surface area is 139 Å². The van der Waals surface area contributed by atoms with Gasteiger partial charge in [-0.15, -0.1) is 0 Å². The lowest BCUT2D eigenvalue weighted by Crippen LogP contribution is -2.08. The van der Waals surface area contributed by atoms with Crippen molar-refractivity contribution in [1.82, 2.24) is 0 Å². The summed E-state index contributed by atoms with van der Waals surface area (Å²) >= 11 is 0. The number of hydrogen-bond acceptors (Lipinski definition) is 4. The lowest BCUT2D eigenvalue weighted by molar-refractivity contribution is 0.0514. The molecule has 4 nitrogen and oxygen atoms in total. The molecule has 0 amide bonds. The van der Waals surface area contributed by atoms with E-state index in [0.29, 0.717) is 17.9 Å². The monoisotopic (exact) mass is 317 g/mol. The van der Waals surface area contributed by atoms with Crippen molar-refractivity contribution in [2.45, 2.75) is 6.92 Å². The number of carbonyl (C=O) groups is 1. The molecule has 1 aliphatic heterocycles. The number of benzene rings is 3. The molecule has 0 saturated carbocycles. The number of nitrogens with zero attached hydrogens (tertiary/aromatic N) is 1. The predicted octanol–water partition coefficient (Wildman–Crippen LogP) is 4.10. The standard InChI is InChI=1S/C20H15NO3/c1-13-6-2-4-8-15(13)20(22)24-21-17-12-23-18-11-10-14-7-3-5-9-16(14)19(17)18/h2-11H,12H2,1H3. The van der Waals surface area contributed by atoms with Crippen LogP contribution in [0, 0.1) is 6.92 Å². The Hall–Kier alpha value is -3.14. The van der Waals surface area contributed by atoms with Gasteiger partial charge in [0.15, 0.2) is 0 Å². The number of ether oxygens (including phenoxy) is 1. The topological polar surface area (TPSA) is 47.9 Å². The van der Waals surface area contributed by atoms with E-state index < -0.39 is 5.97 Å². The van der Waals surface area contributed by atoms with Gasteiger partial charge in [-0.1, -0.05) is 53.7 Å². The largest absolute Gasteiger partial charge is 0.486 e. The zero-order valence-electron chi connectivity index (χ0n) is 13.2. The van der Waals surface area contributed by atoms with Crippen molar-refractivity contribution in [2.24, 2.45) is 5.16 Å². The summed E-state index contributed by atoms with van der Waals surface area (Å²) < 4.78 is 5.66. The van der Waals surface area contributed by atoms with E-state index in [1.165, 1.54) is 0 Å². The molecule has 3 aromatic carbocycles. The van der Waals surface area contributed by atoms with Crippen LogP contribution in [0.15, 0.2) is 65.8 Å². The Kier molecular flexibility index (Phi) is 3.50. The molecule has 0 unspecified atom stereocenters. The first-order valence-electron chi connectivity index (χ1n) is 7.73. The summed E-state index contributed by atoms with van der Waals surface area (Å²) in [4.78, 5) is 17.4. The van der Waals surface area contributed by atoms with Crippen molar-refractivity contribution in [3.05, 3.63) is 77.4 Å². The summed E-state index contributed by atoms with van der Waals surface area (Å²) in [5, 5.41) is 6.21. The molecule has 0 aromatic heterocycles. The molecular formula is C20H15NO3. The Morgan fingerprint density at radius 3 is 2.71 bits per heavy atom. The molecular weight excluding hydrogens is 302 g/mol. The fraction of sp³-hybridized carbons (Fsp3) is 0.100. The lowest BCUT2D eigenvalue weighted by atomic mass is 10.0. The average molecular weight is 317 g/mol. The minimum atomic E-state index is -0.464. The molecule has 1 aliphatic rings. The van der Waals surface area contributed by atoms with Gasteiger partial charge < -0.3 is 9.57 Å². The molecule has 4 rings (SSSR count). The fourth-order valence-electron chi connectivity index (χ4n) is 2.91. The van der Waals surface area contributed by atoms with Crippen LogP contribution in [-0.4, -0.2) is 18.3 Å². The third kappa shape index (κ3) is 2.42. The minimum Gasteiger partial charge on any atom is -0.486 e. The van der Waals surface area contributed by atoms with Gasteiger partial charge in [-0.2, -0.15) is 0 Å². The molecule has 3 aromatic rings. The van der Waals surface area contributed by atoms with Gasteiger partial charge >= 0.3 is 5.97 Å². The molecule has 0 saturated heterocycles. The third-order valence-corrected chi connectivity index (χ3v) is 4.15. The molecule has 0 N–H and O–H groups in total. The molecule has 1 heterocycles. The highest BCUT2D eigenvalue weighted by molar-refractivity contribution is 6.15. The maximum absolute atomic E-state index is 12.2. The van der Waals surface area contributed by atoms with Gasteiger partial charge in [-0.3, -0.25) is 0 Å². The van der Waals surface area contributed by atoms with Crippen LogP contribution in [-0.2, 0) is 4.84 Å². The van der Waals surface area contributed by atoms with Gasteiger partial charge in [-0.05, 0) is 35.4 Å². The van der Waals surface area contributed by atoms with Crippen LogP contribution in [0.2, 0.25) is 0 Å². The normalized spacial score (nSPS) is 14.5. The summed E-state index contributed by atoms with van der Waals surface area (Å²) in [6, 6.07) is 19.2. The SMILES string of the molecule is Cc1ccccc1C(=O)ON=C1COc2ccc3ccccc3c21. The van der Waals surface area contributed by atoms with Crippen molar-refractivity contribution in [1.29, 1.82) is 0 Å². The first kappa shape index (κ1) is 14.5. The third-order valence-electron chi connectivity index (χ3n) is 4.15. The van der Waals surface area contributed by atoms with E-state index in [1.54, 1.807) is 12.1 Å². The summed E-state index contributed by atoms with van der Waals surface area (Å²) in [6.07, 6.45) is 0. The van der Waals surface area contributed by atoms with Gasteiger partial charge in [0.1, 0.15) is 18.1 Å². The number of fused-ring (bicyclic) bond motifs is 3. The Morgan fingerprint density at radius 2 is 1.83 bits per heavy atom. The number of carbonyl (C=O) groups excluding carboxylic acids is 1. The van der Waals surface area contributed by atoms with E-state index in [2.05, 4.69) is 5.16 Å². The van der Waals surface area contributed by atoms with E-state index >= 15 is 0 Å². The quantitative estimate of drug-likeness (QED) is 0.528. The van der Waals surface area contributed by atoms with E-state index in [0.717, 1.165) is 27.6 Å². The Balaban J connectivity index is 1.68. The van der Waals surface area contributed by atoms with E-state index in [-0.39, 0.29) is 0 Å². The van der Waals surface area contributed by atoms with Gasteiger partial charge in [0, 0.05) is 0 Å². The number of aryl methyl sites for hydroxylation is 1. The molecule has 0 spiro atoms. The van der Waals surface area contributed by atoms with Crippen LogP contribution in [0.4, 0.5) is 0 Å². The average Bonchev–Trinajstić information content (AvgIpc) is 3.04. The second kappa shape index (κ2) is 5.81. The molecule has 118 valence electrons. The second-order valence-electron chi connectivity index (χ2n) is 5.68. The van der Waals surface area contributed by atoms with Crippen LogP contribution < -0.4 is 4.74 Å².